The molecule has 1 unspecified atom stereocenters. The highest BCUT2D eigenvalue weighted by Gasteiger charge is 2.27. The highest BCUT2D eigenvalue weighted by atomic mass is 127. The molecule has 9 heteroatoms. The Morgan fingerprint density at radius 1 is 1.10 bits per heavy atom. The van der Waals surface area contributed by atoms with Crippen molar-refractivity contribution in [1.29, 1.82) is 0 Å². The highest BCUT2D eigenvalue weighted by Crippen LogP contribution is 2.26. The third kappa shape index (κ3) is 5.75. The molecule has 0 bridgehead atoms. The summed E-state index contributed by atoms with van der Waals surface area (Å²) >= 11 is 0. The van der Waals surface area contributed by atoms with Crippen LogP contribution in [0.3, 0.4) is 0 Å². The Bertz CT molecular complexity index is 866. The topological polar surface area (TPSA) is 55.8 Å². The average Bonchev–Trinajstić information content (AvgIpc) is 3.44. The van der Waals surface area contributed by atoms with Gasteiger partial charge in [0.2, 0.25) is 0 Å². The van der Waals surface area contributed by atoms with E-state index in [1.165, 1.54) is 31.0 Å². The van der Waals surface area contributed by atoms with Crippen LogP contribution in [-0.2, 0) is 6.54 Å². The van der Waals surface area contributed by atoms with Gasteiger partial charge in [0.15, 0.2) is 5.96 Å². The van der Waals surface area contributed by atoms with Crippen LogP contribution in [0.2, 0.25) is 0 Å². The summed E-state index contributed by atoms with van der Waals surface area (Å²) in [7, 11) is 1.72. The molecular formula is C22H29F2IN6. The van der Waals surface area contributed by atoms with E-state index in [1.54, 1.807) is 11.9 Å². The predicted molar refractivity (Wildman–Crippen MR) is 131 cm³/mol. The van der Waals surface area contributed by atoms with Crippen LogP contribution in [0.15, 0.2) is 41.5 Å². The van der Waals surface area contributed by atoms with Crippen molar-refractivity contribution >= 4 is 41.4 Å². The van der Waals surface area contributed by atoms with Crippen molar-refractivity contribution in [3.05, 3.63) is 53.7 Å². The smallest absolute Gasteiger partial charge is 0.191 e. The second kappa shape index (κ2) is 10.9. The number of halogens is 3. The monoisotopic (exact) mass is 542 g/mol. The molecular weight excluding hydrogens is 513 g/mol. The van der Waals surface area contributed by atoms with E-state index < -0.39 is 11.6 Å². The number of benzene rings is 1. The Hall–Kier alpha value is -2.17. The maximum atomic E-state index is 14.0. The summed E-state index contributed by atoms with van der Waals surface area (Å²) in [5.41, 5.74) is 1.12. The minimum absolute atomic E-state index is 0. The van der Waals surface area contributed by atoms with Crippen LogP contribution >= 0.6 is 24.0 Å². The van der Waals surface area contributed by atoms with Gasteiger partial charge in [0.1, 0.15) is 23.1 Å². The summed E-state index contributed by atoms with van der Waals surface area (Å²) in [6, 6.07) is 8.19. The van der Waals surface area contributed by atoms with Crippen molar-refractivity contribution < 1.29 is 8.78 Å². The van der Waals surface area contributed by atoms with Crippen molar-refractivity contribution in [3.63, 3.8) is 0 Å². The number of nitrogens with one attached hydrogen (secondary N) is 2. The van der Waals surface area contributed by atoms with Gasteiger partial charge in [0.25, 0.3) is 0 Å². The molecule has 6 nitrogen and oxygen atoms in total. The first-order valence-electron chi connectivity index (χ1n) is 10.5. The third-order valence-electron chi connectivity index (χ3n) is 5.71. The molecule has 2 fully saturated rings. The van der Waals surface area contributed by atoms with Crippen molar-refractivity contribution in [3.8, 4) is 0 Å². The van der Waals surface area contributed by atoms with E-state index in [0.29, 0.717) is 25.6 Å². The van der Waals surface area contributed by atoms with Gasteiger partial charge >= 0.3 is 0 Å². The van der Waals surface area contributed by atoms with Crippen molar-refractivity contribution in [2.24, 2.45) is 4.99 Å². The lowest BCUT2D eigenvalue weighted by Gasteiger charge is -2.21. The van der Waals surface area contributed by atoms with Crippen LogP contribution in [-0.4, -0.2) is 50.2 Å². The molecule has 1 atom stereocenters. The van der Waals surface area contributed by atoms with E-state index in [-0.39, 0.29) is 35.7 Å². The molecule has 2 N–H and O–H groups in total. The van der Waals surface area contributed by atoms with E-state index in [4.69, 9.17) is 0 Å². The molecule has 4 rings (SSSR count). The lowest BCUT2D eigenvalue weighted by molar-refractivity contribution is 0.576. The number of guanidine groups is 1. The second-order valence-electron chi connectivity index (χ2n) is 7.79. The third-order valence-corrected chi connectivity index (χ3v) is 5.71. The molecule has 168 valence electrons. The van der Waals surface area contributed by atoms with Crippen LogP contribution < -0.4 is 20.4 Å². The van der Waals surface area contributed by atoms with E-state index in [0.717, 1.165) is 30.9 Å². The molecule has 3 heterocycles. The SMILES string of the molecule is CN=C(NCc1ccc(N2CCCC2)nc1)NC1CCN(c2c(F)cccc2F)C1.I. The minimum atomic E-state index is -0.525. The van der Waals surface area contributed by atoms with E-state index in [1.807, 2.05) is 6.20 Å². The summed E-state index contributed by atoms with van der Waals surface area (Å²) in [4.78, 5) is 12.9. The van der Waals surface area contributed by atoms with Gasteiger partial charge < -0.3 is 20.4 Å². The van der Waals surface area contributed by atoms with Crippen molar-refractivity contribution in [1.82, 2.24) is 15.6 Å². The molecule has 0 saturated carbocycles. The molecule has 0 aliphatic carbocycles. The van der Waals surface area contributed by atoms with Crippen LogP contribution in [0.4, 0.5) is 20.3 Å². The Labute approximate surface area is 199 Å². The molecule has 2 aromatic rings. The fourth-order valence-electron chi connectivity index (χ4n) is 4.10. The first kappa shape index (κ1) is 23.5. The first-order valence-corrected chi connectivity index (χ1v) is 10.5. The standard InChI is InChI=1S/C22H28F2N6.HI/c1-25-22(27-14-16-7-8-20(26-13-16)29-10-2-3-11-29)28-17-9-12-30(15-17)21-18(23)5-4-6-19(21)24;/h4-8,13,17H,2-3,9-12,14-15H2,1H3,(H2,25,27,28);1H. The Morgan fingerprint density at radius 2 is 1.84 bits per heavy atom. The normalized spacial score (nSPS) is 18.8. The van der Waals surface area contributed by atoms with Crippen LogP contribution in [0.25, 0.3) is 0 Å². The number of aromatic nitrogens is 1. The van der Waals surface area contributed by atoms with Gasteiger partial charge in [-0.15, -0.1) is 24.0 Å². The number of nitrogens with zero attached hydrogens (tertiary/aromatic N) is 4. The van der Waals surface area contributed by atoms with Crippen LogP contribution in [0, 0.1) is 11.6 Å². The zero-order valence-electron chi connectivity index (χ0n) is 17.7. The van der Waals surface area contributed by atoms with Gasteiger partial charge in [-0.2, -0.15) is 0 Å². The summed E-state index contributed by atoms with van der Waals surface area (Å²) < 4.78 is 28.1. The Morgan fingerprint density at radius 3 is 2.48 bits per heavy atom. The minimum Gasteiger partial charge on any atom is -0.365 e. The lowest BCUT2D eigenvalue weighted by Crippen LogP contribution is -2.44. The van der Waals surface area contributed by atoms with Gasteiger partial charge in [0.05, 0.1) is 0 Å². The molecule has 0 radical (unpaired) electrons. The molecule has 1 aromatic heterocycles. The Balaban J connectivity index is 0.00000272. The predicted octanol–water partition coefficient (Wildman–Crippen LogP) is 3.52. The van der Waals surface area contributed by atoms with Gasteiger partial charge in [0, 0.05) is 52.0 Å². The molecule has 2 aliphatic rings. The number of hydrogen-bond donors (Lipinski definition) is 2. The van der Waals surface area contributed by atoms with Crippen LogP contribution in [0.1, 0.15) is 24.8 Å². The molecule has 2 saturated heterocycles. The summed E-state index contributed by atoms with van der Waals surface area (Å²) in [5, 5.41) is 6.65. The van der Waals surface area contributed by atoms with Gasteiger partial charge in [-0.05, 0) is 43.0 Å². The maximum Gasteiger partial charge on any atom is 0.191 e. The largest absolute Gasteiger partial charge is 0.365 e. The number of para-hydroxylation sites is 1. The van der Waals surface area contributed by atoms with E-state index in [2.05, 4.69) is 37.6 Å². The number of hydrogen-bond acceptors (Lipinski definition) is 4. The zero-order chi connectivity index (χ0) is 20.9. The van der Waals surface area contributed by atoms with Crippen LogP contribution in [0.5, 0.6) is 0 Å². The average molecular weight is 542 g/mol. The van der Waals surface area contributed by atoms with Gasteiger partial charge in [-0.25, -0.2) is 13.8 Å². The molecule has 31 heavy (non-hydrogen) atoms. The molecule has 0 spiro atoms. The number of pyridine rings is 1. The van der Waals surface area contributed by atoms with Gasteiger partial charge in [-0.3, -0.25) is 4.99 Å². The van der Waals surface area contributed by atoms with Crippen molar-refractivity contribution in [2.45, 2.75) is 31.8 Å². The lowest BCUT2D eigenvalue weighted by atomic mass is 10.2. The van der Waals surface area contributed by atoms with Gasteiger partial charge in [-0.1, -0.05) is 12.1 Å². The first-order chi connectivity index (χ1) is 14.6. The van der Waals surface area contributed by atoms with E-state index in [9.17, 15) is 8.78 Å². The number of anilines is 2. The van der Waals surface area contributed by atoms with E-state index >= 15 is 0 Å². The summed E-state index contributed by atoms with van der Waals surface area (Å²) in [5.74, 6) is 0.649. The molecule has 1 aromatic carbocycles. The Kier molecular flexibility index (Phi) is 8.28. The zero-order valence-corrected chi connectivity index (χ0v) is 20.0. The summed E-state index contributed by atoms with van der Waals surface area (Å²) in [6.45, 7) is 3.87. The molecule has 0 amide bonds. The molecule has 2 aliphatic heterocycles. The highest BCUT2D eigenvalue weighted by molar-refractivity contribution is 14.0. The maximum absolute atomic E-state index is 14.0. The fraction of sp³-hybridized carbons (Fsp3) is 0.455. The summed E-state index contributed by atoms with van der Waals surface area (Å²) in [6.07, 6.45) is 5.14. The number of aliphatic imine (C=N–C) groups is 1. The van der Waals surface area contributed by atoms with Crippen molar-refractivity contribution in [2.75, 3.05) is 43.0 Å². The quantitative estimate of drug-likeness (QED) is 0.344. The fourth-order valence-corrected chi connectivity index (χ4v) is 4.10. The second-order valence-corrected chi connectivity index (χ2v) is 7.79. The number of rotatable bonds is 5.